The highest BCUT2D eigenvalue weighted by molar-refractivity contribution is 7.81. The normalized spacial score (nSPS) is 26.1. The maximum atomic E-state index is 10.8. The van der Waals surface area contributed by atoms with Crippen molar-refractivity contribution in [3.05, 3.63) is 80.4 Å². The van der Waals surface area contributed by atoms with Gasteiger partial charge in [0.2, 0.25) is 0 Å². The Morgan fingerprint density at radius 2 is 1.85 bits per heavy atom. The van der Waals surface area contributed by atoms with Gasteiger partial charge in [-0.05, 0) is 60.1 Å². The first kappa shape index (κ1) is 16.6. The molecule has 130 valence electrons. The summed E-state index contributed by atoms with van der Waals surface area (Å²) in [6.07, 6.45) is 4.09. The number of rotatable bonds is 2. The number of fused-ring (bicyclic) bond motifs is 4. The molecular formula is C21H16Cl2N2S. The van der Waals surface area contributed by atoms with Gasteiger partial charge < -0.3 is 5.53 Å². The predicted molar refractivity (Wildman–Crippen MR) is 109 cm³/mol. The molecule has 0 spiro atoms. The Labute approximate surface area is 167 Å². The molecule has 5 heteroatoms. The largest absolute Gasteiger partial charge is 0.499 e. The fourth-order valence-corrected chi connectivity index (χ4v) is 5.69. The number of hydrogen-bond donors (Lipinski definition) is 0. The Balaban J connectivity index is 1.66. The third kappa shape index (κ3) is 2.20. The van der Waals surface area contributed by atoms with E-state index in [2.05, 4.69) is 24.3 Å². The minimum Gasteiger partial charge on any atom is -0.499 e. The molecule has 0 radical (unpaired) electrons. The van der Waals surface area contributed by atoms with Crippen LogP contribution in [0.25, 0.3) is 11.1 Å². The van der Waals surface area contributed by atoms with Crippen molar-refractivity contribution in [1.82, 2.24) is 0 Å². The first-order valence-electron chi connectivity index (χ1n) is 8.85. The minimum atomic E-state index is -0.584. The standard InChI is InChI=1S/C21H16Cl2N2S/c22-15-9-14(10-16(23)11-15)20(26)21-8-7-13-6-5-12-3-1-2-4-17(12)18(13)19(21)25(21)24/h1-4,9-11,13H,5-8H2. The maximum absolute atomic E-state index is 10.8. The number of nitrogens with zero attached hydrogens (tertiary/aromatic N) is 2. The SMILES string of the molecule is [N-]=[N+]1C2=C3c4ccccc4CCC3CCC21C(=S)c1cc(Cl)cc(Cl)c1. The zero-order chi connectivity index (χ0) is 18.1. The molecule has 0 N–H and O–H groups in total. The molecule has 1 heterocycles. The van der Waals surface area contributed by atoms with Gasteiger partial charge in [0, 0.05) is 22.0 Å². The molecular weight excluding hydrogens is 383 g/mol. The van der Waals surface area contributed by atoms with Gasteiger partial charge in [-0.3, -0.25) is 4.70 Å². The third-order valence-corrected chi connectivity index (χ3v) is 7.01. The summed E-state index contributed by atoms with van der Waals surface area (Å²) >= 11 is 18.2. The fourth-order valence-electron chi connectivity index (χ4n) is 4.76. The van der Waals surface area contributed by atoms with Gasteiger partial charge in [0.25, 0.3) is 11.2 Å². The molecule has 2 atom stereocenters. The Morgan fingerprint density at radius 3 is 2.62 bits per heavy atom. The average Bonchev–Trinajstić information content (AvgIpc) is 3.26. The summed E-state index contributed by atoms with van der Waals surface area (Å²) < 4.78 is 1.39. The second-order valence-electron chi connectivity index (χ2n) is 7.35. The molecule has 1 aliphatic heterocycles. The first-order chi connectivity index (χ1) is 12.5. The molecule has 26 heavy (non-hydrogen) atoms. The predicted octanol–water partition coefficient (Wildman–Crippen LogP) is 6.27. The minimum absolute atomic E-state index is 0.496. The molecule has 2 aromatic carbocycles. The van der Waals surface area contributed by atoms with E-state index in [4.69, 9.17) is 35.4 Å². The van der Waals surface area contributed by atoms with Gasteiger partial charge in [-0.15, -0.1) is 0 Å². The van der Waals surface area contributed by atoms with Gasteiger partial charge in [0.15, 0.2) is 0 Å². The number of hydrogen-bond acceptors (Lipinski definition) is 1. The summed E-state index contributed by atoms with van der Waals surface area (Å²) in [7, 11) is 0. The molecule has 0 amide bonds. The van der Waals surface area contributed by atoms with Gasteiger partial charge in [0.1, 0.15) is 4.86 Å². The lowest BCUT2D eigenvalue weighted by molar-refractivity contribution is -0.378. The van der Waals surface area contributed by atoms with Crippen LogP contribution >= 0.6 is 35.4 Å². The van der Waals surface area contributed by atoms with E-state index < -0.39 is 5.54 Å². The van der Waals surface area contributed by atoms with Gasteiger partial charge in [-0.1, -0.05) is 59.7 Å². The topological polar surface area (TPSA) is 25.3 Å². The molecule has 0 saturated carbocycles. The molecule has 2 unspecified atom stereocenters. The summed E-state index contributed by atoms with van der Waals surface area (Å²) in [6.45, 7) is 0. The third-order valence-electron chi connectivity index (χ3n) is 6.00. The van der Waals surface area contributed by atoms with E-state index in [1.807, 2.05) is 12.1 Å². The monoisotopic (exact) mass is 398 g/mol. The number of benzene rings is 2. The van der Waals surface area contributed by atoms with E-state index in [-0.39, 0.29) is 0 Å². The van der Waals surface area contributed by atoms with E-state index in [9.17, 15) is 5.53 Å². The molecule has 0 aromatic heterocycles. The molecule has 2 nitrogen and oxygen atoms in total. The van der Waals surface area contributed by atoms with Crippen molar-refractivity contribution in [1.29, 1.82) is 0 Å². The van der Waals surface area contributed by atoms with Crippen LogP contribution in [-0.4, -0.2) is 15.1 Å². The molecule has 1 saturated heterocycles. The van der Waals surface area contributed by atoms with Crippen molar-refractivity contribution >= 4 is 45.9 Å². The van der Waals surface area contributed by atoms with Crippen molar-refractivity contribution < 1.29 is 4.70 Å². The molecule has 0 bridgehead atoms. The summed E-state index contributed by atoms with van der Waals surface area (Å²) in [5.41, 5.74) is 15.9. The lowest BCUT2D eigenvalue weighted by Gasteiger charge is -2.28. The summed E-state index contributed by atoms with van der Waals surface area (Å²) in [4.78, 5) is 0.702. The first-order valence-corrected chi connectivity index (χ1v) is 10.0. The van der Waals surface area contributed by atoms with Gasteiger partial charge in [-0.25, -0.2) is 0 Å². The van der Waals surface area contributed by atoms with Crippen LogP contribution in [-0.2, 0) is 6.42 Å². The second kappa shape index (κ2) is 5.72. The number of allylic oxidation sites excluding steroid dienone is 1. The molecule has 2 aromatic rings. The number of thiocarbonyl (C=S) groups is 1. The van der Waals surface area contributed by atoms with Crippen LogP contribution in [0.2, 0.25) is 10.0 Å². The Hall–Kier alpha value is -1.55. The van der Waals surface area contributed by atoms with E-state index >= 15 is 0 Å². The zero-order valence-corrected chi connectivity index (χ0v) is 16.3. The van der Waals surface area contributed by atoms with Crippen molar-refractivity contribution in [2.24, 2.45) is 5.92 Å². The Kier molecular flexibility index (Phi) is 3.66. The van der Waals surface area contributed by atoms with Gasteiger partial charge >= 0.3 is 0 Å². The van der Waals surface area contributed by atoms with Crippen molar-refractivity contribution in [2.75, 3.05) is 0 Å². The Morgan fingerprint density at radius 1 is 1.12 bits per heavy atom. The number of halogens is 2. The zero-order valence-electron chi connectivity index (χ0n) is 14.0. The van der Waals surface area contributed by atoms with Crippen molar-refractivity contribution in [3.8, 4) is 0 Å². The van der Waals surface area contributed by atoms with E-state index in [0.717, 1.165) is 36.9 Å². The van der Waals surface area contributed by atoms with Crippen molar-refractivity contribution in [3.63, 3.8) is 0 Å². The van der Waals surface area contributed by atoms with E-state index in [1.165, 1.54) is 21.4 Å². The van der Waals surface area contributed by atoms with Crippen LogP contribution in [0.1, 0.15) is 36.0 Å². The quantitative estimate of drug-likeness (QED) is 0.253. The van der Waals surface area contributed by atoms with E-state index in [0.29, 0.717) is 20.8 Å². The van der Waals surface area contributed by atoms with Crippen LogP contribution in [0.3, 0.4) is 0 Å². The van der Waals surface area contributed by atoms with Crippen LogP contribution < -0.4 is 0 Å². The van der Waals surface area contributed by atoms with Gasteiger partial charge in [0.05, 0.1) is 0 Å². The summed E-state index contributed by atoms with van der Waals surface area (Å²) in [5.74, 6) is 0.496. The highest BCUT2D eigenvalue weighted by Crippen LogP contribution is 2.59. The highest BCUT2D eigenvalue weighted by atomic mass is 35.5. The number of aryl methyl sites for hydroxylation is 1. The lowest BCUT2D eigenvalue weighted by atomic mass is 9.71. The smallest absolute Gasteiger partial charge is 0.276 e. The van der Waals surface area contributed by atoms with Crippen LogP contribution in [0, 0.1) is 5.92 Å². The van der Waals surface area contributed by atoms with Crippen LogP contribution in [0.4, 0.5) is 0 Å². The maximum Gasteiger partial charge on any atom is 0.276 e. The lowest BCUT2D eigenvalue weighted by Crippen LogP contribution is -2.30. The molecule has 3 aliphatic rings. The van der Waals surface area contributed by atoms with Crippen molar-refractivity contribution in [2.45, 2.75) is 31.2 Å². The summed E-state index contributed by atoms with van der Waals surface area (Å²) in [5, 5.41) is 1.12. The van der Waals surface area contributed by atoms with Gasteiger partial charge in [-0.2, -0.15) is 0 Å². The Bertz CT molecular complexity index is 1010. The fraction of sp³-hybridized carbons (Fsp3) is 0.286. The molecule has 5 rings (SSSR count). The molecule has 1 fully saturated rings. The van der Waals surface area contributed by atoms with E-state index in [1.54, 1.807) is 6.07 Å². The second-order valence-corrected chi connectivity index (χ2v) is 8.63. The van der Waals surface area contributed by atoms with Crippen LogP contribution in [0.15, 0.2) is 48.2 Å². The van der Waals surface area contributed by atoms with Crippen LogP contribution in [0.5, 0.6) is 0 Å². The highest BCUT2D eigenvalue weighted by Gasteiger charge is 2.70. The summed E-state index contributed by atoms with van der Waals surface area (Å²) in [6, 6.07) is 13.9. The molecule has 2 aliphatic carbocycles. The average molecular weight is 399 g/mol.